The van der Waals surface area contributed by atoms with Crippen molar-refractivity contribution in [1.29, 1.82) is 0 Å². The summed E-state index contributed by atoms with van der Waals surface area (Å²) < 4.78 is 11.2. The van der Waals surface area contributed by atoms with Gasteiger partial charge in [-0.25, -0.2) is 9.38 Å². The van der Waals surface area contributed by atoms with Crippen molar-refractivity contribution in [1.82, 2.24) is 0 Å². The molecule has 0 rings (SSSR count). The number of amides is 1. The number of carbonyl (C=O) groups is 1. The summed E-state index contributed by atoms with van der Waals surface area (Å²) in [5, 5.41) is 0. The minimum Gasteiger partial charge on any atom is -0.267 e. The highest BCUT2D eigenvalue weighted by Gasteiger charge is 1.88. The summed E-state index contributed by atoms with van der Waals surface area (Å²) in [5.74, 6) is -0.558. The molecule has 0 aromatic carbocycles. The molecule has 0 unspecified atom stereocenters. The molecule has 0 spiro atoms. The Labute approximate surface area is 53.1 Å². The Balaban J connectivity index is 3.93. The van der Waals surface area contributed by atoms with Crippen LogP contribution in [0.15, 0.2) is 17.4 Å². The van der Waals surface area contributed by atoms with Crippen molar-refractivity contribution in [2.45, 2.75) is 13.8 Å². The number of hydrogen-bond donors (Lipinski definition) is 0. The molecule has 50 valence electrons. The average molecular weight is 129 g/mol. The molecule has 0 aliphatic rings. The van der Waals surface area contributed by atoms with E-state index in [2.05, 4.69) is 4.99 Å². The van der Waals surface area contributed by atoms with E-state index < -0.39 is 5.91 Å². The van der Waals surface area contributed by atoms with Crippen molar-refractivity contribution in [2.75, 3.05) is 0 Å². The van der Waals surface area contributed by atoms with Crippen molar-refractivity contribution >= 4 is 11.6 Å². The standard InChI is InChI=1S/C6H8FNO/c1-5(2)8-6(9)3-4-7/h3-4H,1-2H3/b4-3+. The van der Waals surface area contributed by atoms with Crippen LogP contribution >= 0.6 is 0 Å². The molecule has 0 atom stereocenters. The van der Waals surface area contributed by atoms with Crippen molar-refractivity contribution in [2.24, 2.45) is 4.99 Å². The molecule has 0 aliphatic heterocycles. The van der Waals surface area contributed by atoms with Gasteiger partial charge in [-0.05, 0) is 13.8 Å². The summed E-state index contributed by atoms with van der Waals surface area (Å²) >= 11 is 0. The highest BCUT2D eigenvalue weighted by atomic mass is 19.1. The highest BCUT2D eigenvalue weighted by molar-refractivity contribution is 5.98. The first-order valence-corrected chi connectivity index (χ1v) is 2.49. The molecule has 0 radical (unpaired) electrons. The van der Waals surface area contributed by atoms with Crippen LogP contribution in [-0.4, -0.2) is 11.6 Å². The molecule has 9 heavy (non-hydrogen) atoms. The lowest BCUT2D eigenvalue weighted by molar-refractivity contribution is -0.113. The smallest absolute Gasteiger partial charge is 0.267 e. The van der Waals surface area contributed by atoms with E-state index in [9.17, 15) is 9.18 Å². The SMILES string of the molecule is CC(C)=NC(=O)/C=C/F. The van der Waals surface area contributed by atoms with Gasteiger partial charge in [0.05, 0.1) is 6.33 Å². The average Bonchev–Trinajstić information content (AvgIpc) is 1.63. The van der Waals surface area contributed by atoms with Crippen molar-refractivity contribution in [3.63, 3.8) is 0 Å². The topological polar surface area (TPSA) is 29.4 Å². The summed E-state index contributed by atoms with van der Waals surface area (Å²) in [5.41, 5.74) is 0.623. The Morgan fingerprint density at radius 3 is 2.44 bits per heavy atom. The van der Waals surface area contributed by atoms with E-state index >= 15 is 0 Å². The van der Waals surface area contributed by atoms with Gasteiger partial charge >= 0.3 is 0 Å². The van der Waals surface area contributed by atoms with Crippen LogP contribution in [0.3, 0.4) is 0 Å². The molecule has 0 saturated heterocycles. The Bertz CT molecular complexity index is 156. The second kappa shape index (κ2) is 3.95. The minimum absolute atomic E-state index is 0.175. The van der Waals surface area contributed by atoms with Crippen LogP contribution in [0.1, 0.15) is 13.8 Å². The molecule has 3 heteroatoms. The van der Waals surface area contributed by atoms with Crippen LogP contribution in [0.2, 0.25) is 0 Å². The summed E-state index contributed by atoms with van der Waals surface area (Å²) in [6, 6.07) is 0. The van der Waals surface area contributed by atoms with Gasteiger partial charge in [-0.15, -0.1) is 0 Å². The van der Waals surface area contributed by atoms with Gasteiger partial charge in [0.2, 0.25) is 0 Å². The van der Waals surface area contributed by atoms with E-state index in [4.69, 9.17) is 0 Å². The molecule has 0 fully saturated rings. The minimum atomic E-state index is -0.558. The number of halogens is 1. The first-order chi connectivity index (χ1) is 4.16. The molecule has 0 saturated carbocycles. The van der Waals surface area contributed by atoms with E-state index in [0.29, 0.717) is 5.71 Å². The molecule has 1 amide bonds. The zero-order valence-corrected chi connectivity index (χ0v) is 5.39. The number of nitrogens with zero attached hydrogens (tertiary/aromatic N) is 1. The van der Waals surface area contributed by atoms with Crippen LogP contribution in [0, 0.1) is 0 Å². The van der Waals surface area contributed by atoms with Crippen molar-refractivity contribution < 1.29 is 9.18 Å². The van der Waals surface area contributed by atoms with Gasteiger partial charge in [-0.1, -0.05) is 0 Å². The van der Waals surface area contributed by atoms with E-state index in [1.807, 2.05) is 0 Å². The summed E-state index contributed by atoms with van der Waals surface area (Å²) in [7, 11) is 0. The molecule has 0 aromatic rings. The Kier molecular flexibility index (Phi) is 3.51. The van der Waals surface area contributed by atoms with E-state index in [1.165, 1.54) is 0 Å². The molecule has 0 aromatic heterocycles. The fraction of sp³-hybridized carbons (Fsp3) is 0.333. The van der Waals surface area contributed by atoms with Crippen molar-refractivity contribution in [3.05, 3.63) is 12.4 Å². The van der Waals surface area contributed by atoms with Crippen LogP contribution in [0.5, 0.6) is 0 Å². The lowest BCUT2D eigenvalue weighted by Crippen LogP contribution is -1.90. The monoisotopic (exact) mass is 129 g/mol. The summed E-state index contributed by atoms with van der Waals surface area (Å²) in [6.07, 6.45) is 0.946. The largest absolute Gasteiger partial charge is 0.271 e. The third-order valence-corrected chi connectivity index (χ3v) is 0.539. The van der Waals surface area contributed by atoms with Gasteiger partial charge in [0.25, 0.3) is 5.91 Å². The summed E-state index contributed by atoms with van der Waals surface area (Å²) in [4.78, 5) is 13.8. The van der Waals surface area contributed by atoms with E-state index in [0.717, 1.165) is 6.08 Å². The van der Waals surface area contributed by atoms with Crippen LogP contribution in [0.4, 0.5) is 4.39 Å². The van der Waals surface area contributed by atoms with Gasteiger partial charge in [0, 0.05) is 11.8 Å². The second-order valence-corrected chi connectivity index (χ2v) is 1.69. The number of rotatable bonds is 1. The maximum Gasteiger partial charge on any atom is 0.271 e. The third-order valence-electron chi connectivity index (χ3n) is 0.539. The quantitative estimate of drug-likeness (QED) is 0.389. The number of hydrogen-bond acceptors (Lipinski definition) is 1. The van der Waals surface area contributed by atoms with Crippen LogP contribution in [-0.2, 0) is 4.79 Å². The highest BCUT2D eigenvalue weighted by Crippen LogP contribution is 1.81. The summed E-state index contributed by atoms with van der Waals surface area (Å²) in [6.45, 7) is 3.34. The first-order valence-electron chi connectivity index (χ1n) is 2.49. The van der Waals surface area contributed by atoms with E-state index in [1.54, 1.807) is 13.8 Å². The van der Waals surface area contributed by atoms with Gasteiger partial charge in [0.15, 0.2) is 0 Å². The first kappa shape index (κ1) is 8.01. The van der Waals surface area contributed by atoms with Gasteiger partial charge < -0.3 is 0 Å². The predicted molar refractivity (Wildman–Crippen MR) is 34.0 cm³/mol. The molecule has 0 aliphatic carbocycles. The predicted octanol–water partition coefficient (Wildman–Crippen LogP) is 1.48. The Morgan fingerprint density at radius 1 is 1.56 bits per heavy atom. The second-order valence-electron chi connectivity index (χ2n) is 1.69. The normalized spacial score (nSPS) is 9.67. The maximum atomic E-state index is 11.2. The molecule has 0 heterocycles. The number of carbonyl (C=O) groups excluding carboxylic acids is 1. The lowest BCUT2D eigenvalue weighted by Gasteiger charge is -1.82. The fourth-order valence-corrected chi connectivity index (χ4v) is 0.312. The lowest BCUT2D eigenvalue weighted by atomic mass is 10.5. The van der Waals surface area contributed by atoms with Gasteiger partial charge in [-0.3, -0.25) is 4.79 Å². The maximum absolute atomic E-state index is 11.2. The van der Waals surface area contributed by atoms with Gasteiger partial charge in [-0.2, -0.15) is 0 Å². The third kappa shape index (κ3) is 4.87. The van der Waals surface area contributed by atoms with Crippen LogP contribution in [0.25, 0.3) is 0 Å². The molecular formula is C6H8FNO. The Morgan fingerprint density at radius 2 is 2.11 bits per heavy atom. The van der Waals surface area contributed by atoms with E-state index in [-0.39, 0.29) is 6.33 Å². The molecule has 2 nitrogen and oxygen atoms in total. The molecule has 0 bridgehead atoms. The zero-order valence-electron chi connectivity index (χ0n) is 5.39. The zero-order chi connectivity index (χ0) is 7.28. The molecular weight excluding hydrogens is 121 g/mol. The van der Waals surface area contributed by atoms with Gasteiger partial charge in [0.1, 0.15) is 0 Å². The number of aliphatic imine (C=N–C) groups is 1. The van der Waals surface area contributed by atoms with Crippen molar-refractivity contribution in [3.8, 4) is 0 Å². The molecule has 0 N–H and O–H groups in total. The fourth-order valence-electron chi connectivity index (χ4n) is 0.312. The Hall–Kier alpha value is -0.990. The van der Waals surface area contributed by atoms with Crippen LogP contribution < -0.4 is 0 Å².